The summed E-state index contributed by atoms with van der Waals surface area (Å²) in [6, 6.07) is 12.5. The van der Waals surface area contributed by atoms with E-state index in [1.54, 1.807) is 50.2 Å². The van der Waals surface area contributed by atoms with Crippen LogP contribution in [0.2, 0.25) is 0 Å². The lowest BCUT2D eigenvalue weighted by molar-refractivity contribution is -0.124. The number of hydrogen-bond acceptors (Lipinski definition) is 6. The molecule has 0 fully saturated rings. The standard InChI is InChI=1S/C20H22N2O5/c1-3-17(27-20(25)14-5-9-15(21)10-6-14)18(23)22-16-11-7-13(8-12-16)19(24)26-4-2/h5-12,17H,3-4,21H2,1-2H3,(H,22,23). The molecule has 27 heavy (non-hydrogen) atoms. The van der Waals surface area contributed by atoms with Crippen molar-refractivity contribution in [3.05, 3.63) is 59.7 Å². The number of esters is 2. The van der Waals surface area contributed by atoms with Crippen LogP contribution >= 0.6 is 0 Å². The smallest absolute Gasteiger partial charge is 0.338 e. The Morgan fingerprint density at radius 2 is 1.48 bits per heavy atom. The number of carbonyl (C=O) groups is 3. The molecule has 2 rings (SSSR count). The summed E-state index contributed by atoms with van der Waals surface area (Å²) >= 11 is 0. The number of hydrogen-bond donors (Lipinski definition) is 2. The van der Waals surface area contributed by atoms with Gasteiger partial charge in [0.1, 0.15) is 0 Å². The van der Waals surface area contributed by atoms with Crippen molar-refractivity contribution < 1.29 is 23.9 Å². The van der Waals surface area contributed by atoms with Gasteiger partial charge in [-0.05, 0) is 61.9 Å². The molecule has 0 aliphatic heterocycles. The van der Waals surface area contributed by atoms with Crippen LogP contribution in [0.15, 0.2) is 48.5 Å². The highest BCUT2D eigenvalue weighted by Crippen LogP contribution is 2.14. The first-order valence-electron chi connectivity index (χ1n) is 8.59. The van der Waals surface area contributed by atoms with E-state index >= 15 is 0 Å². The predicted octanol–water partition coefficient (Wildman–Crippen LogP) is 3.02. The van der Waals surface area contributed by atoms with Gasteiger partial charge >= 0.3 is 11.9 Å². The molecular weight excluding hydrogens is 348 g/mol. The quantitative estimate of drug-likeness (QED) is 0.573. The van der Waals surface area contributed by atoms with Crippen molar-refractivity contribution in [2.75, 3.05) is 17.7 Å². The fourth-order valence-corrected chi connectivity index (χ4v) is 2.27. The summed E-state index contributed by atoms with van der Waals surface area (Å²) in [4.78, 5) is 36.2. The van der Waals surface area contributed by atoms with Gasteiger partial charge in [-0.25, -0.2) is 9.59 Å². The molecule has 0 saturated carbocycles. The van der Waals surface area contributed by atoms with Crippen molar-refractivity contribution >= 4 is 29.2 Å². The van der Waals surface area contributed by atoms with E-state index in [9.17, 15) is 14.4 Å². The summed E-state index contributed by atoms with van der Waals surface area (Å²) < 4.78 is 10.2. The molecule has 2 aromatic carbocycles. The number of anilines is 2. The van der Waals surface area contributed by atoms with E-state index in [0.29, 0.717) is 28.9 Å². The number of benzene rings is 2. The summed E-state index contributed by atoms with van der Waals surface area (Å²) in [6.07, 6.45) is -0.632. The molecule has 1 atom stereocenters. The maximum atomic E-state index is 12.4. The Balaban J connectivity index is 1.99. The molecule has 142 valence electrons. The van der Waals surface area contributed by atoms with E-state index in [4.69, 9.17) is 15.2 Å². The third-order valence-corrected chi connectivity index (χ3v) is 3.72. The highest BCUT2D eigenvalue weighted by molar-refractivity contribution is 5.98. The van der Waals surface area contributed by atoms with Crippen LogP contribution in [0.1, 0.15) is 41.0 Å². The van der Waals surface area contributed by atoms with Crippen LogP contribution in [0.4, 0.5) is 11.4 Å². The SMILES string of the molecule is CCOC(=O)c1ccc(NC(=O)C(CC)OC(=O)c2ccc(N)cc2)cc1. The van der Waals surface area contributed by atoms with Gasteiger partial charge in [-0.1, -0.05) is 6.92 Å². The van der Waals surface area contributed by atoms with Crippen molar-refractivity contribution in [3.8, 4) is 0 Å². The molecule has 2 aromatic rings. The minimum atomic E-state index is -0.945. The molecule has 0 aromatic heterocycles. The van der Waals surface area contributed by atoms with Crippen molar-refractivity contribution in [1.29, 1.82) is 0 Å². The maximum absolute atomic E-state index is 12.4. The largest absolute Gasteiger partial charge is 0.462 e. The van der Waals surface area contributed by atoms with Crippen molar-refractivity contribution in [1.82, 2.24) is 0 Å². The molecule has 0 aliphatic rings. The molecule has 0 radical (unpaired) electrons. The van der Waals surface area contributed by atoms with Crippen LogP contribution in [-0.2, 0) is 14.3 Å². The van der Waals surface area contributed by atoms with Gasteiger partial charge in [0.05, 0.1) is 17.7 Å². The van der Waals surface area contributed by atoms with Crippen molar-refractivity contribution in [2.45, 2.75) is 26.4 Å². The van der Waals surface area contributed by atoms with Gasteiger partial charge in [0.15, 0.2) is 6.10 Å². The maximum Gasteiger partial charge on any atom is 0.338 e. The van der Waals surface area contributed by atoms with Gasteiger partial charge < -0.3 is 20.5 Å². The number of nitrogens with one attached hydrogen (secondary N) is 1. The summed E-state index contributed by atoms with van der Waals surface area (Å²) in [5.74, 6) is -1.49. The fraction of sp³-hybridized carbons (Fsp3) is 0.250. The van der Waals surface area contributed by atoms with Gasteiger partial charge in [0.25, 0.3) is 5.91 Å². The molecule has 7 heteroatoms. The first kappa shape index (κ1) is 20.0. The Labute approximate surface area is 157 Å². The lowest BCUT2D eigenvalue weighted by Gasteiger charge is -2.16. The summed E-state index contributed by atoms with van der Waals surface area (Å²) in [5.41, 5.74) is 7.30. The molecule has 0 heterocycles. The van der Waals surface area contributed by atoms with Gasteiger partial charge in [-0.15, -0.1) is 0 Å². The Bertz CT molecular complexity index is 800. The number of amides is 1. The Morgan fingerprint density at radius 1 is 0.926 bits per heavy atom. The average Bonchev–Trinajstić information content (AvgIpc) is 2.67. The van der Waals surface area contributed by atoms with Crippen LogP contribution in [0.5, 0.6) is 0 Å². The van der Waals surface area contributed by atoms with Crippen LogP contribution < -0.4 is 11.1 Å². The summed E-state index contributed by atoms with van der Waals surface area (Å²) in [6.45, 7) is 3.75. The van der Waals surface area contributed by atoms with Crippen LogP contribution in [0, 0.1) is 0 Å². The zero-order valence-corrected chi connectivity index (χ0v) is 15.2. The summed E-state index contributed by atoms with van der Waals surface area (Å²) in [7, 11) is 0. The van der Waals surface area contributed by atoms with Crippen LogP contribution in [0.3, 0.4) is 0 Å². The van der Waals surface area contributed by atoms with E-state index in [2.05, 4.69) is 5.32 Å². The van der Waals surface area contributed by atoms with Crippen molar-refractivity contribution in [3.63, 3.8) is 0 Å². The minimum absolute atomic E-state index is 0.287. The molecule has 1 amide bonds. The third kappa shape index (κ3) is 5.57. The van der Waals surface area contributed by atoms with Gasteiger partial charge in [-0.3, -0.25) is 4.79 Å². The number of ether oxygens (including phenoxy) is 2. The number of nitrogen functional groups attached to an aromatic ring is 1. The van der Waals surface area contributed by atoms with E-state index in [-0.39, 0.29) is 6.61 Å². The predicted molar refractivity (Wildman–Crippen MR) is 101 cm³/mol. The molecule has 0 bridgehead atoms. The number of nitrogens with two attached hydrogens (primary N) is 1. The summed E-state index contributed by atoms with van der Waals surface area (Å²) in [5, 5.41) is 2.67. The Morgan fingerprint density at radius 3 is 2.04 bits per heavy atom. The van der Waals surface area contributed by atoms with E-state index < -0.39 is 23.9 Å². The van der Waals surface area contributed by atoms with Crippen LogP contribution in [-0.4, -0.2) is 30.6 Å². The molecule has 3 N–H and O–H groups in total. The second-order valence-electron chi connectivity index (χ2n) is 5.71. The van der Waals surface area contributed by atoms with Gasteiger partial charge in [0, 0.05) is 11.4 Å². The third-order valence-electron chi connectivity index (χ3n) is 3.72. The monoisotopic (exact) mass is 370 g/mol. The highest BCUT2D eigenvalue weighted by atomic mass is 16.5. The van der Waals surface area contributed by atoms with Gasteiger partial charge in [-0.2, -0.15) is 0 Å². The molecule has 0 saturated heterocycles. The normalized spacial score (nSPS) is 11.3. The average molecular weight is 370 g/mol. The highest BCUT2D eigenvalue weighted by Gasteiger charge is 2.22. The molecule has 0 aliphatic carbocycles. The first-order chi connectivity index (χ1) is 12.9. The van der Waals surface area contributed by atoms with Crippen LogP contribution in [0.25, 0.3) is 0 Å². The molecule has 0 spiro atoms. The lowest BCUT2D eigenvalue weighted by atomic mass is 10.2. The minimum Gasteiger partial charge on any atom is -0.462 e. The fourth-order valence-electron chi connectivity index (χ4n) is 2.27. The molecule has 7 nitrogen and oxygen atoms in total. The lowest BCUT2D eigenvalue weighted by Crippen LogP contribution is -2.32. The van der Waals surface area contributed by atoms with Crippen molar-refractivity contribution in [2.24, 2.45) is 0 Å². The second kappa shape index (κ2) is 9.38. The zero-order chi connectivity index (χ0) is 19.8. The Hall–Kier alpha value is -3.35. The topological polar surface area (TPSA) is 108 Å². The Kier molecular flexibility index (Phi) is 6.93. The number of rotatable bonds is 7. The van der Waals surface area contributed by atoms with Gasteiger partial charge in [0.2, 0.25) is 0 Å². The second-order valence-corrected chi connectivity index (χ2v) is 5.71. The van der Waals surface area contributed by atoms with E-state index in [1.165, 1.54) is 12.1 Å². The first-order valence-corrected chi connectivity index (χ1v) is 8.59. The van der Waals surface area contributed by atoms with E-state index in [1.807, 2.05) is 0 Å². The molecule has 1 unspecified atom stereocenters. The molecular formula is C20H22N2O5. The zero-order valence-electron chi connectivity index (χ0n) is 15.2. The number of carbonyl (C=O) groups excluding carboxylic acids is 3. The van der Waals surface area contributed by atoms with E-state index in [0.717, 1.165) is 0 Å².